The van der Waals surface area contributed by atoms with Crippen LogP contribution in [-0.2, 0) is 11.3 Å². The first-order valence-electron chi connectivity index (χ1n) is 7.12. The van der Waals surface area contributed by atoms with Gasteiger partial charge in [-0.05, 0) is 44.1 Å². The van der Waals surface area contributed by atoms with Gasteiger partial charge < -0.3 is 10.5 Å². The molecule has 4 heteroatoms. The second-order valence-corrected chi connectivity index (χ2v) is 6.85. The molecule has 1 aliphatic carbocycles. The maximum Gasteiger partial charge on any atom is 0.0661 e. The van der Waals surface area contributed by atoms with E-state index in [1.165, 1.54) is 17.7 Å². The molecule has 0 bridgehead atoms. The standard InChI is InChI=1S/C15H26N2OS/c1-12(2)17(9-14-5-4-8-19-14)15(10-16,11-18-3)13-6-7-13/h4-5,8,12-13H,6-7,9-11,16H2,1-3H3. The van der Waals surface area contributed by atoms with Crippen LogP contribution >= 0.6 is 11.3 Å². The van der Waals surface area contributed by atoms with Gasteiger partial charge in [0.2, 0.25) is 0 Å². The fraction of sp³-hybridized carbons (Fsp3) is 0.733. The van der Waals surface area contributed by atoms with Crippen molar-refractivity contribution in [2.75, 3.05) is 20.3 Å². The van der Waals surface area contributed by atoms with Crippen molar-refractivity contribution in [2.24, 2.45) is 11.7 Å². The molecule has 0 spiro atoms. The van der Waals surface area contributed by atoms with Gasteiger partial charge in [0.1, 0.15) is 0 Å². The van der Waals surface area contributed by atoms with E-state index < -0.39 is 0 Å². The fourth-order valence-electron chi connectivity index (χ4n) is 3.07. The van der Waals surface area contributed by atoms with Gasteiger partial charge in [-0.3, -0.25) is 4.90 Å². The van der Waals surface area contributed by atoms with Gasteiger partial charge in [0.05, 0.1) is 12.1 Å². The largest absolute Gasteiger partial charge is 0.383 e. The van der Waals surface area contributed by atoms with E-state index >= 15 is 0 Å². The van der Waals surface area contributed by atoms with Crippen LogP contribution in [0.2, 0.25) is 0 Å². The van der Waals surface area contributed by atoms with Crippen molar-refractivity contribution in [2.45, 2.75) is 44.8 Å². The summed E-state index contributed by atoms with van der Waals surface area (Å²) in [7, 11) is 1.79. The summed E-state index contributed by atoms with van der Waals surface area (Å²) in [4.78, 5) is 3.96. The van der Waals surface area contributed by atoms with E-state index in [-0.39, 0.29) is 5.54 Å². The number of hydrogen-bond acceptors (Lipinski definition) is 4. The SMILES string of the molecule is COCC(CN)(C1CC1)N(Cc1cccs1)C(C)C. The van der Waals surface area contributed by atoms with Gasteiger partial charge in [-0.2, -0.15) is 0 Å². The molecule has 19 heavy (non-hydrogen) atoms. The fourth-order valence-corrected chi connectivity index (χ4v) is 3.78. The Kier molecular flexibility index (Phi) is 5.01. The lowest BCUT2D eigenvalue weighted by molar-refractivity contribution is -0.0242. The Morgan fingerprint density at radius 1 is 1.53 bits per heavy atom. The third kappa shape index (κ3) is 3.19. The highest BCUT2D eigenvalue weighted by molar-refractivity contribution is 7.09. The highest BCUT2D eigenvalue weighted by Gasteiger charge is 2.49. The molecule has 1 saturated carbocycles. The average Bonchev–Trinajstić information content (AvgIpc) is 3.11. The van der Waals surface area contributed by atoms with Crippen molar-refractivity contribution in [1.82, 2.24) is 4.90 Å². The topological polar surface area (TPSA) is 38.5 Å². The Labute approximate surface area is 120 Å². The van der Waals surface area contributed by atoms with Gasteiger partial charge in [-0.15, -0.1) is 11.3 Å². The lowest BCUT2D eigenvalue weighted by Crippen LogP contribution is -2.60. The van der Waals surface area contributed by atoms with Gasteiger partial charge in [0.15, 0.2) is 0 Å². The Hall–Kier alpha value is -0.420. The summed E-state index contributed by atoms with van der Waals surface area (Å²) >= 11 is 1.82. The van der Waals surface area contributed by atoms with Crippen LogP contribution in [0.1, 0.15) is 31.6 Å². The van der Waals surface area contributed by atoms with E-state index in [9.17, 15) is 0 Å². The van der Waals surface area contributed by atoms with E-state index in [2.05, 4.69) is 36.3 Å². The number of rotatable bonds is 8. The predicted molar refractivity (Wildman–Crippen MR) is 81.4 cm³/mol. The third-order valence-electron chi connectivity index (χ3n) is 4.19. The Morgan fingerprint density at radius 3 is 2.68 bits per heavy atom. The Bertz CT molecular complexity index is 376. The van der Waals surface area contributed by atoms with Crippen molar-refractivity contribution < 1.29 is 4.74 Å². The van der Waals surface area contributed by atoms with Crippen LogP contribution in [-0.4, -0.2) is 36.7 Å². The van der Waals surface area contributed by atoms with Crippen LogP contribution in [0, 0.1) is 5.92 Å². The van der Waals surface area contributed by atoms with Gasteiger partial charge >= 0.3 is 0 Å². The minimum Gasteiger partial charge on any atom is -0.383 e. The maximum absolute atomic E-state index is 6.18. The summed E-state index contributed by atoms with van der Waals surface area (Å²) in [6, 6.07) is 4.80. The first-order valence-corrected chi connectivity index (χ1v) is 8.00. The van der Waals surface area contributed by atoms with Gasteiger partial charge in [-0.25, -0.2) is 0 Å². The van der Waals surface area contributed by atoms with Crippen molar-refractivity contribution in [1.29, 1.82) is 0 Å². The van der Waals surface area contributed by atoms with Gasteiger partial charge in [0.25, 0.3) is 0 Å². The molecule has 1 aromatic rings. The third-order valence-corrected chi connectivity index (χ3v) is 5.05. The molecule has 1 atom stereocenters. The molecule has 0 aromatic carbocycles. The minimum absolute atomic E-state index is 0.00685. The van der Waals surface area contributed by atoms with Crippen LogP contribution in [0.25, 0.3) is 0 Å². The molecule has 1 aliphatic rings. The summed E-state index contributed by atoms with van der Waals surface area (Å²) < 4.78 is 5.53. The molecule has 0 aliphatic heterocycles. The van der Waals surface area contributed by atoms with Crippen molar-refractivity contribution in [3.8, 4) is 0 Å². The summed E-state index contributed by atoms with van der Waals surface area (Å²) in [6.45, 7) is 6.91. The Morgan fingerprint density at radius 2 is 2.26 bits per heavy atom. The average molecular weight is 282 g/mol. The molecule has 0 saturated heterocycles. The molecule has 1 unspecified atom stereocenters. The first-order chi connectivity index (χ1) is 9.14. The monoisotopic (exact) mass is 282 g/mol. The first kappa shape index (κ1) is 15.0. The van der Waals surface area contributed by atoms with Crippen LogP contribution < -0.4 is 5.73 Å². The summed E-state index contributed by atoms with van der Waals surface area (Å²) in [5.41, 5.74) is 6.19. The molecule has 108 valence electrons. The van der Waals surface area contributed by atoms with Crippen LogP contribution in [0.15, 0.2) is 17.5 Å². The second-order valence-electron chi connectivity index (χ2n) is 5.82. The zero-order valence-electron chi connectivity index (χ0n) is 12.3. The lowest BCUT2D eigenvalue weighted by atomic mass is 9.90. The van der Waals surface area contributed by atoms with E-state index in [1.54, 1.807) is 7.11 Å². The molecular weight excluding hydrogens is 256 g/mol. The zero-order valence-corrected chi connectivity index (χ0v) is 13.1. The van der Waals surface area contributed by atoms with E-state index in [0.29, 0.717) is 18.5 Å². The number of nitrogens with two attached hydrogens (primary N) is 1. The molecule has 1 aromatic heterocycles. The number of hydrogen-bond donors (Lipinski definition) is 1. The molecule has 0 amide bonds. The number of nitrogens with zero attached hydrogens (tertiary/aromatic N) is 1. The minimum atomic E-state index is 0.00685. The number of ether oxygens (including phenoxy) is 1. The van der Waals surface area contributed by atoms with Crippen LogP contribution in [0.4, 0.5) is 0 Å². The van der Waals surface area contributed by atoms with Crippen LogP contribution in [0.3, 0.4) is 0 Å². The highest BCUT2D eigenvalue weighted by atomic mass is 32.1. The van der Waals surface area contributed by atoms with E-state index in [0.717, 1.165) is 13.2 Å². The highest BCUT2D eigenvalue weighted by Crippen LogP contribution is 2.44. The van der Waals surface area contributed by atoms with E-state index in [1.807, 2.05) is 11.3 Å². The number of thiophene rings is 1. The molecular formula is C15H26N2OS. The zero-order chi connectivity index (χ0) is 13.9. The summed E-state index contributed by atoms with van der Waals surface area (Å²) in [5.74, 6) is 0.694. The van der Waals surface area contributed by atoms with Gasteiger partial charge in [-0.1, -0.05) is 6.07 Å². The quantitative estimate of drug-likeness (QED) is 0.797. The predicted octanol–water partition coefficient (Wildman–Crippen LogP) is 2.71. The maximum atomic E-state index is 6.18. The molecule has 2 N–H and O–H groups in total. The molecule has 2 rings (SSSR count). The molecule has 3 nitrogen and oxygen atoms in total. The van der Waals surface area contributed by atoms with Crippen LogP contribution in [0.5, 0.6) is 0 Å². The number of methoxy groups -OCH3 is 1. The Balaban J connectivity index is 2.23. The molecule has 1 heterocycles. The second kappa shape index (κ2) is 6.35. The van der Waals surface area contributed by atoms with E-state index in [4.69, 9.17) is 10.5 Å². The van der Waals surface area contributed by atoms with Crippen molar-refractivity contribution in [3.63, 3.8) is 0 Å². The summed E-state index contributed by atoms with van der Waals surface area (Å²) in [5, 5.41) is 2.14. The van der Waals surface area contributed by atoms with Gasteiger partial charge in [0, 0.05) is 31.1 Å². The lowest BCUT2D eigenvalue weighted by Gasteiger charge is -2.46. The smallest absolute Gasteiger partial charge is 0.0661 e. The van der Waals surface area contributed by atoms with Crippen molar-refractivity contribution >= 4 is 11.3 Å². The molecule has 1 fully saturated rings. The van der Waals surface area contributed by atoms with Crippen molar-refractivity contribution in [3.05, 3.63) is 22.4 Å². The summed E-state index contributed by atoms with van der Waals surface area (Å²) in [6.07, 6.45) is 2.57. The normalized spacial score (nSPS) is 19.1. The molecule has 0 radical (unpaired) electrons.